The molecule has 0 atom stereocenters. The van der Waals surface area contributed by atoms with Crippen LogP contribution >= 0.6 is 34.0 Å². The van der Waals surface area contributed by atoms with Crippen LogP contribution in [0, 0.1) is 0 Å². The monoisotopic (exact) mass is 320 g/mol. The van der Waals surface area contributed by atoms with Gasteiger partial charge in [0.25, 0.3) is 0 Å². The first kappa shape index (κ1) is 15.6. The van der Waals surface area contributed by atoms with Crippen molar-refractivity contribution in [2.75, 3.05) is 0 Å². The average Bonchev–Trinajstić information content (AvgIpc) is 2.24. The van der Waals surface area contributed by atoms with Crippen LogP contribution in [0.15, 0.2) is 49.6 Å². The molecule has 0 aliphatic rings. The molecule has 0 spiro atoms. The first-order chi connectivity index (χ1) is 6.00. The van der Waals surface area contributed by atoms with Crippen LogP contribution in [-0.2, 0) is 0 Å². The van der Waals surface area contributed by atoms with Gasteiger partial charge in [0.1, 0.15) is 12.7 Å². The summed E-state index contributed by atoms with van der Waals surface area (Å²) in [4.78, 5) is 14.7. The normalized spacial score (nSPS) is 6.86. The molecule has 0 saturated carbocycles. The first-order valence-corrected chi connectivity index (χ1v) is 3.40. The van der Waals surface area contributed by atoms with E-state index in [4.69, 9.17) is 0 Å². The zero-order valence-electron chi connectivity index (χ0n) is 7.22. The van der Waals surface area contributed by atoms with Crippen LogP contribution in [0.4, 0.5) is 0 Å². The van der Waals surface area contributed by atoms with E-state index in [9.17, 15) is 0 Å². The Balaban J connectivity index is 0. The van der Waals surface area contributed by atoms with E-state index < -0.39 is 0 Å². The highest BCUT2D eigenvalue weighted by molar-refractivity contribution is 8.93. The quantitative estimate of drug-likeness (QED) is 0.745. The van der Waals surface area contributed by atoms with Crippen LogP contribution in [0.1, 0.15) is 0 Å². The molecule has 2 rings (SSSR count). The second-order valence-corrected chi connectivity index (χ2v) is 1.81. The second kappa shape index (κ2) is 12.1. The van der Waals surface area contributed by atoms with Crippen molar-refractivity contribution in [2.24, 2.45) is 0 Å². The van der Waals surface area contributed by atoms with Crippen LogP contribution in [0.2, 0.25) is 0 Å². The summed E-state index contributed by atoms with van der Waals surface area (Å²) in [6.45, 7) is 0. The highest BCUT2D eigenvalue weighted by atomic mass is 79.9. The lowest BCUT2D eigenvalue weighted by atomic mass is 10.7. The van der Waals surface area contributed by atoms with Crippen molar-refractivity contribution in [1.82, 2.24) is 19.9 Å². The molecule has 0 amide bonds. The van der Waals surface area contributed by atoms with Gasteiger partial charge in [0.15, 0.2) is 0 Å². The topological polar surface area (TPSA) is 51.6 Å². The van der Waals surface area contributed by atoms with E-state index in [-0.39, 0.29) is 34.0 Å². The fourth-order valence-corrected chi connectivity index (χ4v) is 0.507. The number of hydrogen-bond donors (Lipinski definition) is 0. The van der Waals surface area contributed by atoms with E-state index in [0.29, 0.717) is 0 Å². The van der Waals surface area contributed by atoms with Gasteiger partial charge in [-0.05, 0) is 12.1 Å². The minimum atomic E-state index is 0. The SMILES string of the molecule is Br.Br.c1cncnc1.c1cncnc1. The Morgan fingerprint density at radius 3 is 0.857 bits per heavy atom. The molecule has 6 heteroatoms. The van der Waals surface area contributed by atoms with Gasteiger partial charge in [-0.1, -0.05) is 0 Å². The van der Waals surface area contributed by atoms with Crippen LogP contribution in [0.3, 0.4) is 0 Å². The van der Waals surface area contributed by atoms with E-state index in [1.54, 1.807) is 36.9 Å². The third kappa shape index (κ3) is 9.21. The maximum Gasteiger partial charge on any atom is 0.115 e. The lowest BCUT2D eigenvalue weighted by Crippen LogP contribution is -1.66. The van der Waals surface area contributed by atoms with Crippen molar-refractivity contribution in [1.29, 1.82) is 0 Å². The number of aromatic nitrogens is 4. The van der Waals surface area contributed by atoms with Gasteiger partial charge in [0, 0.05) is 24.8 Å². The van der Waals surface area contributed by atoms with Crippen molar-refractivity contribution in [3.8, 4) is 0 Å². The largest absolute Gasteiger partial charge is 0.245 e. The molecular weight excluding hydrogens is 312 g/mol. The number of nitrogens with zero attached hydrogens (tertiary/aromatic N) is 4. The third-order valence-electron chi connectivity index (χ3n) is 0.955. The molecule has 0 aliphatic heterocycles. The summed E-state index contributed by atoms with van der Waals surface area (Å²) in [5.41, 5.74) is 0. The van der Waals surface area contributed by atoms with Gasteiger partial charge < -0.3 is 0 Å². The molecule has 2 aromatic rings. The molecule has 0 N–H and O–H groups in total. The van der Waals surface area contributed by atoms with E-state index in [0.717, 1.165) is 0 Å². The zero-order chi connectivity index (χ0) is 8.49. The molecule has 76 valence electrons. The van der Waals surface area contributed by atoms with Crippen LogP contribution in [-0.4, -0.2) is 19.9 Å². The predicted octanol–water partition coefficient (Wildman–Crippen LogP) is 2.11. The summed E-state index contributed by atoms with van der Waals surface area (Å²) in [7, 11) is 0. The van der Waals surface area contributed by atoms with Gasteiger partial charge in [0.2, 0.25) is 0 Å². The number of hydrogen-bond acceptors (Lipinski definition) is 4. The summed E-state index contributed by atoms with van der Waals surface area (Å²) in [5.74, 6) is 0. The summed E-state index contributed by atoms with van der Waals surface area (Å²) in [5, 5.41) is 0. The van der Waals surface area contributed by atoms with E-state index in [1.807, 2.05) is 0 Å². The van der Waals surface area contributed by atoms with Crippen LogP contribution < -0.4 is 0 Å². The average molecular weight is 322 g/mol. The fraction of sp³-hybridized carbons (Fsp3) is 0. The Kier molecular flexibility index (Phi) is 13.5. The van der Waals surface area contributed by atoms with Crippen molar-refractivity contribution in [3.05, 3.63) is 49.6 Å². The summed E-state index contributed by atoms with van der Waals surface area (Å²) in [6, 6.07) is 3.56. The molecule has 0 aromatic carbocycles. The van der Waals surface area contributed by atoms with Gasteiger partial charge in [-0.15, -0.1) is 34.0 Å². The smallest absolute Gasteiger partial charge is 0.115 e. The minimum absolute atomic E-state index is 0. The molecule has 0 radical (unpaired) electrons. The van der Waals surface area contributed by atoms with Gasteiger partial charge in [-0.2, -0.15) is 0 Å². The Morgan fingerprint density at radius 1 is 0.500 bits per heavy atom. The lowest BCUT2D eigenvalue weighted by molar-refractivity contribution is 1.17. The number of halogens is 2. The molecule has 0 fully saturated rings. The van der Waals surface area contributed by atoms with Gasteiger partial charge in [0.05, 0.1) is 0 Å². The van der Waals surface area contributed by atoms with Crippen molar-refractivity contribution < 1.29 is 0 Å². The van der Waals surface area contributed by atoms with E-state index >= 15 is 0 Å². The maximum absolute atomic E-state index is 3.67. The third-order valence-corrected chi connectivity index (χ3v) is 0.955. The van der Waals surface area contributed by atoms with Gasteiger partial charge in [-0.25, -0.2) is 19.9 Å². The lowest BCUT2D eigenvalue weighted by Gasteiger charge is -1.70. The predicted molar refractivity (Wildman–Crippen MR) is 64.7 cm³/mol. The molecule has 2 heterocycles. The molecule has 14 heavy (non-hydrogen) atoms. The highest BCUT2D eigenvalue weighted by Crippen LogP contribution is 1.67. The molecular formula is C8H10Br2N4. The summed E-state index contributed by atoms with van der Waals surface area (Å²) < 4.78 is 0. The van der Waals surface area contributed by atoms with E-state index in [2.05, 4.69) is 19.9 Å². The van der Waals surface area contributed by atoms with Crippen molar-refractivity contribution in [2.45, 2.75) is 0 Å². The maximum atomic E-state index is 3.67. The second-order valence-electron chi connectivity index (χ2n) is 1.81. The first-order valence-electron chi connectivity index (χ1n) is 3.40. The van der Waals surface area contributed by atoms with Gasteiger partial charge in [-0.3, -0.25) is 0 Å². The molecule has 0 saturated heterocycles. The summed E-state index contributed by atoms with van der Waals surface area (Å²) in [6.07, 6.45) is 9.75. The Bertz CT molecular complexity index is 195. The van der Waals surface area contributed by atoms with Crippen LogP contribution in [0.5, 0.6) is 0 Å². The zero-order valence-corrected chi connectivity index (χ0v) is 10.7. The molecule has 0 bridgehead atoms. The van der Waals surface area contributed by atoms with Crippen molar-refractivity contribution >= 4 is 34.0 Å². The molecule has 4 nitrogen and oxygen atoms in total. The summed E-state index contributed by atoms with van der Waals surface area (Å²) >= 11 is 0. The number of rotatable bonds is 0. The highest BCUT2D eigenvalue weighted by Gasteiger charge is 1.59. The Hall–Kier alpha value is -0.880. The fourth-order valence-electron chi connectivity index (χ4n) is 0.507. The van der Waals surface area contributed by atoms with Crippen molar-refractivity contribution in [3.63, 3.8) is 0 Å². The molecule has 0 unspecified atom stereocenters. The molecule has 2 aromatic heterocycles. The van der Waals surface area contributed by atoms with Gasteiger partial charge >= 0.3 is 0 Å². The molecule has 0 aliphatic carbocycles. The standard InChI is InChI=1S/2C4H4N2.2BrH/c2*1-2-5-4-6-3-1;;/h2*1-4H;2*1H. The van der Waals surface area contributed by atoms with Crippen LogP contribution in [0.25, 0.3) is 0 Å². The minimum Gasteiger partial charge on any atom is -0.245 e. The Labute approximate surface area is 103 Å². The van der Waals surface area contributed by atoms with E-state index in [1.165, 1.54) is 12.7 Å². The Morgan fingerprint density at radius 2 is 0.786 bits per heavy atom.